The fourth-order valence-corrected chi connectivity index (χ4v) is 13.8. The number of rotatable bonds is 12. The predicted octanol–water partition coefficient (Wildman–Crippen LogP) is 12.0. The minimum atomic E-state index is -2.25. The van der Waals surface area contributed by atoms with Crippen LogP contribution >= 0.6 is 0 Å². The minimum Gasteiger partial charge on any atom is -1.00 e. The molecule has 284 valence electrons. The van der Waals surface area contributed by atoms with Crippen molar-refractivity contribution in [1.82, 2.24) is 0 Å². The van der Waals surface area contributed by atoms with Gasteiger partial charge in [-0.3, -0.25) is 0 Å². The van der Waals surface area contributed by atoms with Gasteiger partial charge in [0.2, 0.25) is 0 Å². The van der Waals surface area contributed by atoms with Gasteiger partial charge in [-0.15, -0.1) is 5.69 Å². The Morgan fingerprint density at radius 1 is 0.400 bits per heavy atom. The van der Waals surface area contributed by atoms with E-state index in [1.807, 2.05) is 18.2 Å². The Balaban J connectivity index is 0.000000812. The molecule has 6 aromatic rings. The van der Waals surface area contributed by atoms with Gasteiger partial charge in [0, 0.05) is 11.8 Å². The van der Waals surface area contributed by atoms with Crippen molar-refractivity contribution in [2.45, 2.75) is 96.7 Å². The predicted molar refractivity (Wildman–Crippen MR) is 239 cm³/mol. The van der Waals surface area contributed by atoms with Crippen LogP contribution in [0.15, 0.2) is 164 Å². The molecule has 1 nitrogen and oxygen atoms in total. The van der Waals surface area contributed by atoms with Crippen LogP contribution in [0.3, 0.4) is 0 Å². The molecule has 0 N–H and O–H groups in total. The zero-order valence-electron chi connectivity index (χ0n) is 34.4. The van der Waals surface area contributed by atoms with E-state index in [2.05, 4.69) is 208 Å². The average Bonchev–Trinajstić information content (AvgIpc) is 3.16. The molecule has 0 aliphatic carbocycles. The third-order valence-corrected chi connectivity index (χ3v) is 17.2. The quantitative estimate of drug-likeness (QED) is 0.0858. The molecule has 2 radical (unpaired) electrons. The minimum absolute atomic E-state index is 0. The molecule has 0 saturated heterocycles. The summed E-state index contributed by atoms with van der Waals surface area (Å²) >= 11 is 0. The zero-order chi connectivity index (χ0) is 38.0. The van der Waals surface area contributed by atoms with Crippen molar-refractivity contribution < 1.29 is 17.0 Å². The molecule has 0 spiro atoms. The SMILES string of the molecule is CC(C)c1cc(C(c2ccccc2)c2ccccc2)c([N-][Si](C(C)C)(C(C)C)C(C)C)c(C(c2ccccc2)c2ccccc2)c1.Cc1ccccc1.[Br-].[Sn+2]. The Kier molecular flexibility index (Phi) is 18.2. The maximum atomic E-state index is 6.27. The first kappa shape index (κ1) is 46.0. The maximum Gasteiger partial charge on any atom is 2.00 e. The van der Waals surface area contributed by atoms with E-state index < -0.39 is 8.24 Å². The van der Waals surface area contributed by atoms with E-state index in [0.717, 1.165) is 0 Å². The normalized spacial score (nSPS) is 11.3. The number of nitrogens with zero attached hydrogens (tertiary/aromatic N) is 1. The smallest absolute Gasteiger partial charge is 1.00 e. The van der Waals surface area contributed by atoms with Crippen molar-refractivity contribution in [3.63, 3.8) is 0 Å². The van der Waals surface area contributed by atoms with Gasteiger partial charge >= 0.3 is 23.9 Å². The van der Waals surface area contributed by atoms with Crippen molar-refractivity contribution in [3.8, 4) is 0 Å². The van der Waals surface area contributed by atoms with Crippen LogP contribution in [-0.4, -0.2) is 32.1 Å². The van der Waals surface area contributed by atoms with E-state index in [0.29, 0.717) is 22.5 Å². The summed E-state index contributed by atoms with van der Waals surface area (Å²) in [5, 5.41) is 0. The molecule has 0 amide bonds. The molecular formula is C51H60BrNSiSn. The Bertz CT molecular complexity index is 1760. The number of hydrogen-bond donors (Lipinski definition) is 0. The van der Waals surface area contributed by atoms with E-state index in [1.54, 1.807) is 0 Å². The van der Waals surface area contributed by atoms with E-state index in [9.17, 15) is 0 Å². The van der Waals surface area contributed by atoms with Crippen molar-refractivity contribution in [2.24, 2.45) is 0 Å². The van der Waals surface area contributed by atoms with Gasteiger partial charge in [-0.25, -0.2) is 0 Å². The molecular weight excluding hydrogens is 853 g/mol. The van der Waals surface area contributed by atoms with Crippen molar-refractivity contribution >= 4 is 37.8 Å². The van der Waals surface area contributed by atoms with Crippen LogP contribution in [0.4, 0.5) is 5.69 Å². The molecule has 0 fully saturated rings. The topological polar surface area (TPSA) is 14.1 Å². The third-order valence-electron chi connectivity index (χ3n) is 11.0. The molecule has 0 heterocycles. The first-order chi connectivity index (χ1) is 25.5. The van der Waals surface area contributed by atoms with E-state index >= 15 is 0 Å². The molecule has 0 aliphatic heterocycles. The zero-order valence-corrected chi connectivity index (χ0v) is 39.8. The summed E-state index contributed by atoms with van der Waals surface area (Å²) in [6.45, 7) is 21.3. The van der Waals surface area contributed by atoms with Gasteiger partial charge < -0.3 is 22.0 Å². The van der Waals surface area contributed by atoms with E-state index in [1.165, 1.54) is 50.2 Å². The van der Waals surface area contributed by atoms with Crippen LogP contribution in [0, 0.1) is 6.92 Å². The monoisotopic (exact) mass is 913 g/mol. The van der Waals surface area contributed by atoms with Gasteiger partial charge in [-0.05, 0) is 48.9 Å². The standard InChI is InChI=1S/C44H52NSi.C7H8.BrH.Sn/c1-31(2)39-29-40(42(35-21-13-9-14-22-35)36-23-15-10-16-24-36)44(45-46(32(3)4,33(5)6)34(7)8)41(30-39)43(37-25-17-11-18-26-37)38-27-19-12-20-28-38;1-7-5-3-2-4-6-7;;/h9-34,42-43H,1-8H3;2-6H,1H3;1H;/q-1;;;+2/p-1. The van der Waals surface area contributed by atoms with Gasteiger partial charge in [0.15, 0.2) is 0 Å². The third kappa shape index (κ3) is 11.1. The summed E-state index contributed by atoms with van der Waals surface area (Å²) in [6, 6.07) is 59.6. The summed E-state index contributed by atoms with van der Waals surface area (Å²) in [7, 11) is -2.25. The van der Waals surface area contributed by atoms with E-state index in [4.69, 9.17) is 4.98 Å². The summed E-state index contributed by atoms with van der Waals surface area (Å²) in [4.78, 5) is 6.27. The molecule has 55 heavy (non-hydrogen) atoms. The number of benzene rings is 6. The Hall–Kier alpha value is -3.38. The number of hydrogen-bond acceptors (Lipinski definition) is 0. The van der Waals surface area contributed by atoms with Crippen LogP contribution in [0.25, 0.3) is 4.98 Å². The molecule has 0 bridgehead atoms. The molecule has 0 atom stereocenters. The van der Waals surface area contributed by atoms with Crippen LogP contribution in [0.5, 0.6) is 0 Å². The van der Waals surface area contributed by atoms with Gasteiger partial charge in [0.1, 0.15) is 0 Å². The summed E-state index contributed by atoms with van der Waals surface area (Å²) in [6.07, 6.45) is 0. The second-order valence-corrected chi connectivity index (χ2v) is 21.3. The molecule has 0 unspecified atom stereocenters. The van der Waals surface area contributed by atoms with Gasteiger partial charge in [0.05, 0.1) is 0 Å². The van der Waals surface area contributed by atoms with Crippen LogP contribution in [0.2, 0.25) is 16.6 Å². The van der Waals surface area contributed by atoms with Gasteiger partial charge in [-0.2, -0.15) is 0 Å². The second-order valence-electron chi connectivity index (χ2n) is 15.8. The number of halogens is 1. The van der Waals surface area contributed by atoms with Crippen LogP contribution < -0.4 is 17.0 Å². The molecule has 0 aromatic heterocycles. The molecule has 6 rings (SSSR count). The number of aryl methyl sites for hydroxylation is 1. The average molecular weight is 914 g/mol. The van der Waals surface area contributed by atoms with E-state index in [-0.39, 0.29) is 52.7 Å². The van der Waals surface area contributed by atoms with Crippen molar-refractivity contribution in [2.75, 3.05) is 0 Å². The van der Waals surface area contributed by atoms with Crippen LogP contribution in [0.1, 0.15) is 118 Å². The van der Waals surface area contributed by atoms with Gasteiger partial charge in [-0.1, -0.05) is 252 Å². The van der Waals surface area contributed by atoms with Crippen molar-refractivity contribution in [3.05, 3.63) is 213 Å². The first-order valence-electron chi connectivity index (χ1n) is 19.7. The van der Waals surface area contributed by atoms with Crippen LogP contribution in [-0.2, 0) is 0 Å². The summed E-state index contributed by atoms with van der Waals surface area (Å²) in [5.74, 6) is 0.487. The molecule has 4 heteroatoms. The Morgan fingerprint density at radius 2 is 0.673 bits per heavy atom. The Labute approximate surface area is 362 Å². The largest absolute Gasteiger partial charge is 2.00 e. The fourth-order valence-electron chi connectivity index (χ4n) is 8.41. The summed E-state index contributed by atoms with van der Waals surface area (Å²) < 4.78 is 0. The summed E-state index contributed by atoms with van der Waals surface area (Å²) in [5.41, 5.74) is 13.3. The second kappa shape index (κ2) is 21.8. The molecule has 0 aliphatic rings. The molecule has 6 aromatic carbocycles. The van der Waals surface area contributed by atoms with Gasteiger partial charge in [0.25, 0.3) is 0 Å². The maximum absolute atomic E-state index is 6.27. The first-order valence-corrected chi connectivity index (χ1v) is 21.8. The molecule has 0 saturated carbocycles. The van der Waals surface area contributed by atoms with Crippen molar-refractivity contribution in [1.29, 1.82) is 0 Å². The Morgan fingerprint density at radius 3 is 0.891 bits per heavy atom. The fraction of sp³-hybridized carbons (Fsp3) is 0.294.